The van der Waals surface area contributed by atoms with Crippen molar-refractivity contribution in [3.63, 3.8) is 0 Å². The van der Waals surface area contributed by atoms with Crippen LogP contribution >= 0.6 is 0 Å². The third-order valence-electron chi connectivity index (χ3n) is 2.66. The van der Waals surface area contributed by atoms with Crippen LogP contribution in [0.25, 0.3) is 0 Å². The second-order valence-corrected chi connectivity index (χ2v) is 5.88. The van der Waals surface area contributed by atoms with Crippen LogP contribution in [0.2, 0.25) is 0 Å². The zero-order chi connectivity index (χ0) is 15.9. The molecule has 0 aromatic heterocycles. The molecule has 0 saturated carbocycles. The number of hydrogen-bond donors (Lipinski definition) is 1. The fourth-order valence-electron chi connectivity index (χ4n) is 1.73. The first kappa shape index (κ1) is 17.1. The molecule has 0 fully saturated rings. The smallest absolute Gasteiger partial charge is 0.410 e. The second kappa shape index (κ2) is 7.76. The highest BCUT2D eigenvalue weighted by molar-refractivity contribution is 5.68. The number of nitrogens with zero attached hydrogens (tertiary/aromatic N) is 1. The Hall–Kier alpha value is -1.91. The molecule has 0 saturated heterocycles. The van der Waals surface area contributed by atoms with Crippen LogP contribution in [-0.2, 0) is 4.74 Å². The van der Waals surface area contributed by atoms with Crippen molar-refractivity contribution in [1.82, 2.24) is 4.90 Å². The summed E-state index contributed by atoms with van der Waals surface area (Å²) in [7, 11) is 0. The van der Waals surface area contributed by atoms with Gasteiger partial charge in [-0.2, -0.15) is 0 Å². The van der Waals surface area contributed by atoms with Crippen molar-refractivity contribution in [2.24, 2.45) is 0 Å². The number of benzene rings is 1. The van der Waals surface area contributed by atoms with Gasteiger partial charge in [0.1, 0.15) is 18.0 Å². The van der Waals surface area contributed by atoms with Gasteiger partial charge in [0.2, 0.25) is 0 Å². The molecule has 1 amide bonds. The lowest BCUT2D eigenvalue weighted by Gasteiger charge is -2.27. The molecule has 0 aliphatic carbocycles. The zero-order valence-electron chi connectivity index (χ0n) is 13.4. The molecule has 0 radical (unpaired) electrons. The van der Waals surface area contributed by atoms with E-state index in [1.165, 1.54) is 0 Å². The summed E-state index contributed by atoms with van der Waals surface area (Å²) in [6.45, 7) is 9.17. The van der Waals surface area contributed by atoms with E-state index in [-0.39, 0.29) is 6.09 Å². The summed E-state index contributed by atoms with van der Waals surface area (Å²) in [5.41, 5.74) is 5.83. The predicted octanol–water partition coefficient (Wildman–Crippen LogP) is 3.29. The molecule has 0 aliphatic heterocycles. The number of hydrogen-bond acceptors (Lipinski definition) is 4. The number of anilines is 1. The van der Waals surface area contributed by atoms with E-state index < -0.39 is 5.60 Å². The van der Waals surface area contributed by atoms with E-state index in [4.69, 9.17) is 15.2 Å². The quantitative estimate of drug-likeness (QED) is 0.818. The number of nitrogen functional groups attached to an aromatic ring is 1. The van der Waals surface area contributed by atoms with E-state index in [0.29, 0.717) is 25.4 Å². The van der Waals surface area contributed by atoms with Gasteiger partial charge in [0.15, 0.2) is 0 Å². The SMILES string of the molecule is CCCN(CCOc1ccc(N)cc1)C(=O)OC(C)(C)C. The van der Waals surface area contributed by atoms with Crippen molar-refractivity contribution < 1.29 is 14.3 Å². The minimum Gasteiger partial charge on any atom is -0.492 e. The van der Waals surface area contributed by atoms with Crippen molar-refractivity contribution in [2.75, 3.05) is 25.4 Å². The molecule has 1 aromatic carbocycles. The van der Waals surface area contributed by atoms with Gasteiger partial charge >= 0.3 is 6.09 Å². The Bertz CT molecular complexity index is 438. The molecule has 0 heterocycles. The summed E-state index contributed by atoms with van der Waals surface area (Å²) in [5.74, 6) is 0.741. The molecular weight excluding hydrogens is 268 g/mol. The number of amides is 1. The average molecular weight is 294 g/mol. The lowest BCUT2D eigenvalue weighted by Crippen LogP contribution is -2.39. The van der Waals surface area contributed by atoms with E-state index >= 15 is 0 Å². The summed E-state index contributed by atoms with van der Waals surface area (Å²) >= 11 is 0. The molecular formula is C16H26N2O3. The number of ether oxygens (including phenoxy) is 2. The fraction of sp³-hybridized carbons (Fsp3) is 0.562. The van der Waals surface area contributed by atoms with Crippen molar-refractivity contribution in [1.29, 1.82) is 0 Å². The Balaban J connectivity index is 2.47. The third-order valence-corrected chi connectivity index (χ3v) is 2.66. The van der Waals surface area contributed by atoms with Crippen molar-refractivity contribution in [3.8, 4) is 5.75 Å². The van der Waals surface area contributed by atoms with Gasteiger partial charge in [0, 0.05) is 12.2 Å². The van der Waals surface area contributed by atoms with E-state index in [9.17, 15) is 4.79 Å². The van der Waals surface area contributed by atoms with Crippen LogP contribution in [0.5, 0.6) is 5.75 Å². The van der Waals surface area contributed by atoms with Crippen LogP contribution in [0.3, 0.4) is 0 Å². The fourth-order valence-corrected chi connectivity index (χ4v) is 1.73. The molecule has 2 N–H and O–H groups in total. The molecule has 1 rings (SSSR count). The lowest BCUT2D eigenvalue weighted by molar-refractivity contribution is 0.0226. The summed E-state index contributed by atoms with van der Waals surface area (Å²) in [6.07, 6.45) is 0.575. The highest BCUT2D eigenvalue weighted by Crippen LogP contribution is 2.14. The molecule has 5 nitrogen and oxygen atoms in total. The number of rotatable bonds is 6. The molecule has 21 heavy (non-hydrogen) atoms. The number of nitrogens with two attached hydrogens (primary N) is 1. The maximum atomic E-state index is 12.1. The van der Waals surface area contributed by atoms with Gasteiger partial charge in [-0.3, -0.25) is 0 Å². The van der Waals surface area contributed by atoms with Crippen LogP contribution < -0.4 is 10.5 Å². The van der Waals surface area contributed by atoms with E-state index in [2.05, 4.69) is 0 Å². The van der Waals surface area contributed by atoms with Gasteiger partial charge in [-0.15, -0.1) is 0 Å². The first-order valence-electron chi connectivity index (χ1n) is 7.28. The number of carbonyl (C=O) groups is 1. The molecule has 0 spiro atoms. The van der Waals surface area contributed by atoms with E-state index in [0.717, 1.165) is 12.2 Å². The topological polar surface area (TPSA) is 64.8 Å². The Morgan fingerprint density at radius 3 is 2.33 bits per heavy atom. The van der Waals surface area contributed by atoms with Crippen LogP contribution in [0, 0.1) is 0 Å². The first-order chi connectivity index (χ1) is 9.81. The third kappa shape index (κ3) is 6.88. The monoisotopic (exact) mass is 294 g/mol. The van der Waals surface area contributed by atoms with Gasteiger partial charge in [-0.1, -0.05) is 6.92 Å². The van der Waals surface area contributed by atoms with Gasteiger partial charge < -0.3 is 20.1 Å². The van der Waals surface area contributed by atoms with Gasteiger partial charge in [0.05, 0.1) is 6.54 Å². The van der Waals surface area contributed by atoms with E-state index in [1.54, 1.807) is 17.0 Å². The summed E-state index contributed by atoms with van der Waals surface area (Å²) < 4.78 is 11.0. The maximum absolute atomic E-state index is 12.1. The van der Waals surface area contributed by atoms with Gasteiger partial charge in [-0.25, -0.2) is 4.79 Å². The first-order valence-corrected chi connectivity index (χ1v) is 7.28. The Kier molecular flexibility index (Phi) is 6.34. The predicted molar refractivity (Wildman–Crippen MR) is 84.4 cm³/mol. The Morgan fingerprint density at radius 1 is 1.19 bits per heavy atom. The highest BCUT2D eigenvalue weighted by Gasteiger charge is 2.21. The average Bonchev–Trinajstić information content (AvgIpc) is 2.38. The normalized spacial score (nSPS) is 11.0. The van der Waals surface area contributed by atoms with Gasteiger partial charge in [-0.05, 0) is 51.5 Å². The second-order valence-electron chi connectivity index (χ2n) is 5.88. The molecule has 0 atom stereocenters. The highest BCUT2D eigenvalue weighted by atomic mass is 16.6. The Morgan fingerprint density at radius 2 is 1.81 bits per heavy atom. The van der Waals surface area contributed by atoms with Crippen LogP contribution in [0.1, 0.15) is 34.1 Å². The van der Waals surface area contributed by atoms with Crippen molar-refractivity contribution >= 4 is 11.8 Å². The summed E-state index contributed by atoms with van der Waals surface area (Å²) in [4.78, 5) is 13.7. The van der Waals surface area contributed by atoms with Gasteiger partial charge in [0.25, 0.3) is 0 Å². The molecule has 0 aliphatic rings. The van der Waals surface area contributed by atoms with Crippen LogP contribution in [-0.4, -0.2) is 36.3 Å². The number of carbonyl (C=O) groups excluding carboxylic acids is 1. The Labute approximate surface area is 127 Å². The molecule has 5 heteroatoms. The largest absolute Gasteiger partial charge is 0.492 e. The standard InChI is InChI=1S/C16H26N2O3/c1-5-10-18(15(19)21-16(2,3)4)11-12-20-14-8-6-13(17)7-9-14/h6-9H,5,10-12,17H2,1-4H3. The minimum absolute atomic E-state index is 0.301. The summed E-state index contributed by atoms with van der Waals surface area (Å²) in [6, 6.07) is 7.19. The zero-order valence-corrected chi connectivity index (χ0v) is 13.4. The van der Waals surface area contributed by atoms with E-state index in [1.807, 2.05) is 39.8 Å². The van der Waals surface area contributed by atoms with Crippen LogP contribution in [0.15, 0.2) is 24.3 Å². The van der Waals surface area contributed by atoms with Crippen LogP contribution in [0.4, 0.5) is 10.5 Å². The molecule has 118 valence electrons. The molecule has 0 bridgehead atoms. The molecule has 1 aromatic rings. The lowest BCUT2D eigenvalue weighted by atomic mass is 10.2. The molecule has 0 unspecified atom stereocenters. The maximum Gasteiger partial charge on any atom is 0.410 e. The van der Waals surface area contributed by atoms with Crippen molar-refractivity contribution in [2.45, 2.75) is 39.7 Å². The minimum atomic E-state index is -0.485. The summed E-state index contributed by atoms with van der Waals surface area (Å²) in [5, 5.41) is 0. The van der Waals surface area contributed by atoms with Crippen molar-refractivity contribution in [3.05, 3.63) is 24.3 Å².